The van der Waals surface area contributed by atoms with Crippen LogP contribution in [0.15, 0.2) is 42.6 Å². The molecule has 0 aliphatic carbocycles. The zero-order chi connectivity index (χ0) is 13.7. The Bertz CT molecular complexity index is 570. The molecule has 0 saturated heterocycles. The number of hydrogen-bond donors (Lipinski definition) is 3. The molecule has 1 aromatic carbocycles. The highest BCUT2D eigenvalue weighted by atomic mass is 16.3. The van der Waals surface area contributed by atoms with E-state index >= 15 is 0 Å². The number of benzene rings is 1. The molecular weight excluding hydrogens is 244 g/mol. The number of aromatic hydroxyl groups is 2. The van der Waals surface area contributed by atoms with Crippen LogP contribution >= 0.6 is 0 Å². The molecule has 98 valence electrons. The molecule has 2 rings (SSSR count). The number of phenolic OH excluding ortho intramolecular Hbond substituents is 2. The molecular formula is C14H14N2O3. The lowest BCUT2D eigenvalue weighted by Gasteiger charge is -2.05. The summed E-state index contributed by atoms with van der Waals surface area (Å²) < 4.78 is 0. The van der Waals surface area contributed by atoms with Crippen LogP contribution in [0.1, 0.15) is 11.3 Å². The lowest BCUT2D eigenvalue weighted by Crippen LogP contribution is -2.24. The van der Waals surface area contributed by atoms with Gasteiger partial charge in [0.05, 0.1) is 18.7 Å². The average Bonchev–Trinajstić information content (AvgIpc) is 2.42. The van der Waals surface area contributed by atoms with Crippen molar-refractivity contribution < 1.29 is 15.0 Å². The maximum Gasteiger partial charge on any atom is 0.224 e. The summed E-state index contributed by atoms with van der Waals surface area (Å²) in [6.45, 7) is 0.365. The van der Waals surface area contributed by atoms with Crippen molar-refractivity contribution in [3.8, 4) is 11.5 Å². The Balaban J connectivity index is 1.89. The van der Waals surface area contributed by atoms with E-state index in [1.54, 1.807) is 12.3 Å². The van der Waals surface area contributed by atoms with E-state index in [9.17, 15) is 15.0 Å². The second kappa shape index (κ2) is 5.86. The lowest BCUT2D eigenvalue weighted by molar-refractivity contribution is -0.120. The molecule has 0 unspecified atom stereocenters. The van der Waals surface area contributed by atoms with Crippen LogP contribution in [0.4, 0.5) is 0 Å². The van der Waals surface area contributed by atoms with Crippen LogP contribution in [-0.2, 0) is 17.8 Å². The van der Waals surface area contributed by atoms with Crippen molar-refractivity contribution in [2.45, 2.75) is 13.0 Å². The smallest absolute Gasteiger partial charge is 0.224 e. The molecule has 1 aromatic heterocycles. The predicted octanol–water partition coefficient (Wildman–Crippen LogP) is 1.35. The van der Waals surface area contributed by atoms with Gasteiger partial charge in [-0.15, -0.1) is 0 Å². The summed E-state index contributed by atoms with van der Waals surface area (Å²) in [5.74, 6) is -0.594. The van der Waals surface area contributed by atoms with Crippen LogP contribution < -0.4 is 5.32 Å². The lowest BCUT2D eigenvalue weighted by atomic mass is 10.1. The molecule has 0 saturated carbocycles. The number of hydrogen-bond acceptors (Lipinski definition) is 4. The maximum absolute atomic E-state index is 11.7. The number of nitrogens with zero attached hydrogens (tertiary/aromatic N) is 1. The van der Waals surface area contributed by atoms with E-state index in [-0.39, 0.29) is 23.8 Å². The van der Waals surface area contributed by atoms with E-state index < -0.39 is 0 Å². The normalized spacial score (nSPS) is 10.1. The highest BCUT2D eigenvalue weighted by molar-refractivity contribution is 5.78. The van der Waals surface area contributed by atoms with Crippen LogP contribution in [0.3, 0.4) is 0 Å². The maximum atomic E-state index is 11.7. The van der Waals surface area contributed by atoms with Gasteiger partial charge in [0, 0.05) is 6.20 Å². The molecule has 1 amide bonds. The third kappa shape index (κ3) is 3.70. The van der Waals surface area contributed by atoms with Crippen LogP contribution in [0, 0.1) is 0 Å². The van der Waals surface area contributed by atoms with Crippen molar-refractivity contribution in [2.24, 2.45) is 0 Å². The first kappa shape index (κ1) is 12.9. The van der Waals surface area contributed by atoms with E-state index in [0.29, 0.717) is 12.1 Å². The van der Waals surface area contributed by atoms with Crippen molar-refractivity contribution in [3.63, 3.8) is 0 Å². The van der Waals surface area contributed by atoms with Crippen molar-refractivity contribution >= 4 is 5.91 Å². The molecule has 0 aliphatic rings. The second-order valence-electron chi connectivity index (χ2n) is 4.10. The first-order valence-electron chi connectivity index (χ1n) is 5.82. The fourth-order valence-corrected chi connectivity index (χ4v) is 1.62. The number of rotatable bonds is 4. The van der Waals surface area contributed by atoms with Crippen LogP contribution in [0.5, 0.6) is 11.5 Å². The quantitative estimate of drug-likeness (QED) is 0.723. The topological polar surface area (TPSA) is 82.5 Å². The summed E-state index contributed by atoms with van der Waals surface area (Å²) in [5, 5.41) is 21.2. The first-order valence-corrected chi connectivity index (χ1v) is 5.82. The second-order valence-corrected chi connectivity index (χ2v) is 4.10. The number of phenols is 2. The Kier molecular flexibility index (Phi) is 3.97. The molecule has 0 radical (unpaired) electrons. The van der Waals surface area contributed by atoms with E-state index in [2.05, 4.69) is 10.3 Å². The molecule has 3 N–H and O–H groups in total. The summed E-state index contributed by atoms with van der Waals surface area (Å²) >= 11 is 0. The van der Waals surface area contributed by atoms with Crippen LogP contribution in [-0.4, -0.2) is 21.1 Å². The summed E-state index contributed by atoms with van der Waals surface area (Å²) in [6, 6.07) is 9.81. The fraction of sp³-hybridized carbons (Fsp3) is 0.143. The Morgan fingerprint density at radius 1 is 1.16 bits per heavy atom. The molecule has 5 nitrogen and oxygen atoms in total. The van der Waals surface area contributed by atoms with Gasteiger partial charge in [-0.3, -0.25) is 9.78 Å². The number of aromatic nitrogens is 1. The fourth-order valence-electron chi connectivity index (χ4n) is 1.62. The van der Waals surface area contributed by atoms with Crippen molar-refractivity contribution in [1.29, 1.82) is 0 Å². The van der Waals surface area contributed by atoms with E-state index in [1.807, 2.05) is 18.2 Å². The summed E-state index contributed by atoms with van der Waals surface area (Å²) in [5.41, 5.74) is 1.42. The Labute approximate surface area is 110 Å². The van der Waals surface area contributed by atoms with Crippen molar-refractivity contribution in [3.05, 3.63) is 53.9 Å². The Morgan fingerprint density at radius 3 is 2.68 bits per heavy atom. The van der Waals surface area contributed by atoms with Gasteiger partial charge in [0.2, 0.25) is 5.91 Å². The first-order chi connectivity index (χ1) is 9.15. The van der Waals surface area contributed by atoms with Gasteiger partial charge in [-0.2, -0.15) is 0 Å². The molecule has 0 bridgehead atoms. The minimum atomic E-state index is -0.227. The predicted molar refractivity (Wildman–Crippen MR) is 69.6 cm³/mol. The van der Waals surface area contributed by atoms with Gasteiger partial charge in [-0.25, -0.2) is 0 Å². The van der Waals surface area contributed by atoms with Gasteiger partial charge < -0.3 is 15.5 Å². The van der Waals surface area contributed by atoms with Crippen LogP contribution in [0.2, 0.25) is 0 Å². The van der Waals surface area contributed by atoms with Gasteiger partial charge >= 0.3 is 0 Å². The molecule has 0 aliphatic heterocycles. The summed E-state index contributed by atoms with van der Waals surface area (Å²) in [7, 11) is 0. The molecule has 19 heavy (non-hydrogen) atoms. The van der Waals surface area contributed by atoms with Crippen molar-refractivity contribution in [1.82, 2.24) is 10.3 Å². The molecule has 2 aromatic rings. The molecule has 0 fully saturated rings. The Hall–Kier alpha value is -2.56. The standard InChI is InChI=1S/C14H14N2O3/c17-12-5-4-10(7-13(12)18)8-14(19)16-9-11-3-1-2-6-15-11/h1-7,17-18H,8-9H2,(H,16,19). The van der Waals surface area contributed by atoms with Gasteiger partial charge in [0.1, 0.15) is 0 Å². The molecule has 5 heteroatoms. The monoisotopic (exact) mass is 258 g/mol. The third-order valence-corrected chi connectivity index (χ3v) is 2.60. The summed E-state index contributed by atoms with van der Waals surface area (Å²) in [6.07, 6.45) is 1.81. The average molecular weight is 258 g/mol. The van der Waals surface area contributed by atoms with Gasteiger partial charge in [-0.1, -0.05) is 12.1 Å². The zero-order valence-corrected chi connectivity index (χ0v) is 10.2. The molecule has 1 heterocycles. The highest BCUT2D eigenvalue weighted by Crippen LogP contribution is 2.24. The SMILES string of the molecule is O=C(Cc1ccc(O)c(O)c1)NCc1ccccn1. The summed E-state index contributed by atoms with van der Waals surface area (Å²) in [4.78, 5) is 15.8. The highest BCUT2D eigenvalue weighted by Gasteiger charge is 2.06. The number of amides is 1. The largest absolute Gasteiger partial charge is 0.504 e. The minimum Gasteiger partial charge on any atom is -0.504 e. The van der Waals surface area contributed by atoms with Gasteiger partial charge in [0.25, 0.3) is 0 Å². The van der Waals surface area contributed by atoms with E-state index in [4.69, 9.17) is 0 Å². The number of carbonyl (C=O) groups excluding carboxylic acids is 1. The van der Waals surface area contributed by atoms with Crippen LogP contribution in [0.25, 0.3) is 0 Å². The molecule has 0 spiro atoms. The Morgan fingerprint density at radius 2 is 2.00 bits per heavy atom. The van der Waals surface area contributed by atoms with Gasteiger partial charge in [0.15, 0.2) is 11.5 Å². The third-order valence-electron chi connectivity index (χ3n) is 2.60. The number of nitrogens with one attached hydrogen (secondary N) is 1. The van der Waals surface area contributed by atoms with E-state index in [1.165, 1.54) is 12.1 Å². The van der Waals surface area contributed by atoms with Gasteiger partial charge in [-0.05, 0) is 29.8 Å². The van der Waals surface area contributed by atoms with E-state index in [0.717, 1.165) is 5.69 Å². The zero-order valence-electron chi connectivity index (χ0n) is 10.2. The number of carbonyl (C=O) groups is 1. The number of pyridine rings is 1. The minimum absolute atomic E-state index is 0.140. The molecule has 0 atom stereocenters. The van der Waals surface area contributed by atoms with Crippen molar-refractivity contribution in [2.75, 3.05) is 0 Å².